The summed E-state index contributed by atoms with van der Waals surface area (Å²) < 4.78 is 9.91. The maximum absolute atomic E-state index is 9.95. The third-order valence-corrected chi connectivity index (χ3v) is 11.0. The number of ether oxygens (including phenoxy) is 1. The van der Waals surface area contributed by atoms with E-state index in [9.17, 15) is 10.5 Å². The maximum Gasteiger partial charge on any atom is 0.147 e. The van der Waals surface area contributed by atoms with Crippen LogP contribution in [0, 0.1) is 28.6 Å². The predicted octanol–water partition coefficient (Wildman–Crippen LogP) is 5.50. The van der Waals surface area contributed by atoms with Crippen LogP contribution in [0.15, 0.2) is 42.1 Å². The summed E-state index contributed by atoms with van der Waals surface area (Å²) in [6, 6.07) is 7.85. The van der Waals surface area contributed by atoms with Crippen molar-refractivity contribution in [2.45, 2.75) is 62.6 Å². The zero-order valence-corrected chi connectivity index (χ0v) is 26.1. The van der Waals surface area contributed by atoms with Crippen molar-refractivity contribution >= 4 is 36.7 Å². The van der Waals surface area contributed by atoms with E-state index in [4.69, 9.17) is 14.8 Å². The highest BCUT2D eigenvalue weighted by Crippen LogP contribution is 2.40. The van der Waals surface area contributed by atoms with Crippen LogP contribution in [0.3, 0.4) is 0 Å². The van der Waals surface area contributed by atoms with Gasteiger partial charge in [0.1, 0.15) is 36.2 Å². The molecule has 0 aromatic carbocycles. The van der Waals surface area contributed by atoms with Gasteiger partial charge in [-0.2, -0.15) is 15.6 Å². The van der Waals surface area contributed by atoms with Gasteiger partial charge in [0.25, 0.3) is 0 Å². The van der Waals surface area contributed by atoms with Gasteiger partial charge < -0.3 is 14.2 Å². The summed E-state index contributed by atoms with van der Waals surface area (Å²) in [5.74, 6) is 1.97. The van der Waals surface area contributed by atoms with Gasteiger partial charge in [-0.1, -0.05) is 19.6 Å². The molecule has 2 atom stereocenters. The van der Waals surface area contributed by atoms with Crippen LogP contribution in [0.1, 0.15) is 30.0 Å². The molecule has 0 aliphatic carbocycles. The number of hydrogen-bond acceptors (Lipinski definition) is 9. The number of nitrogens with zero attached hydrogens (tertiary/aromatic N) is 9. The van der Waals surface area contributed by atoms with Gasteiger partial charge in [-0.25, -0.2) is 15.0 Å². The van der Waals surface area contributed by atoms with E-state index in [2.05, 4.69) is 46.6 Å². The summed E-state index contributed by atoms with van der Waals surface area (Å²) in [6.07, 6.45) is 11.6. The first-order valence-electron chi connectivity index (χ1n) is 14.4. The Bertz CT molecular complexity index is 1680. The van der Waals surface area contributed by atoms with Gasteiger partial charge >= 0.3 is 0 Å². The molecule has 0 bridgehead atoms. The molecule has 1 saturated heterocycles. The van der Waals surface area contributed by atoms with E-state index >= 15 is 0 Å². The lowest BCUT2D eigenvalue weighted by molar-refractivity contribution is 0.0899. The lowest BCUT2D eigenvalue weighted by atomic mass is 9.96. The Balaban J connectivity index is 1.20. The van der Waals surface area contributed by atoms with Crippen LogP contribution >= 0.6 is 11.8 Å². The Kier molecular flexibility index (Phi) is 8.04. The lowest BCUT2D eigenvalue weighted by Crippen LogP contribution is -2.26. The van der Waals surface area contributed by atoms with Crippen molar-refractivity contribution in [1.82, 2.24) is 29.3 Å². The van der Waals surface area contributed by atoms with E-state index in [-0.39, 0.29) is 12.0 Å². The van der Waals surface area contributed by atoms with Gasteiger partial charge in [-0.05, 0) is 30.5 Å². The second kappa shape index (κ2) is 11.9. The molecule has 10 nitrogen and oxygen atoms in total. The first-order valence-corrected chi connectivity index (χ1v) is 19.1. The van der Waals surface area contributed by atoms with E-state index in [0.29, 0.717) is 18.7 Å². The Hall–Kier alpha value is -3.71. The molecule has 0 saturated carbocycles. The Labute approximate surface area is 251 Å². The number of anilines is 1. The van der Waals surface area contributed by atoms with E-state index in [1.807, 2.05) is 40.1 Å². The molecular weight excluding hydrogens is 563 g/mol. The highest BCUT2D eigenvalue weighted by Gasteiger charge is 2.34. The van der Waals surface area contributed by atoms with Crippen molar-refractivity contribution in [2.75, 3.05) is 30.3 Å². The van der Waals surface area contributed by atoms with Crippen LogP contribution in [-0.4, -0.2) is 62.8 Å². The number of hydrogen-bond donors (Lipinski definition) is 0. The maximum atomic E-state index is 9.95. The normalized spacial score (nSPS) is 17.4. The smallest absolute Gasteiger partial charge is 0.147 e. The second-order valence-corrected chi connectivity index (χ2v) is 19.0. The number of aromatic nitrogens is 6. The summed E-state index contributed by atoms with van der Waals surface area (Å²) in [5, 5.41) is 25.3. The van der Waals surface area contributed by atoms with Crippen LogP contribution in [-0.2, 0) is 17.9 Å². The average molecular weight is 598 g/mol. The predicted molar refractivity (Wildman–Crippen MR) is 166 cm³/mol. The van der Waals surface area contributed by atoms with E-state index < -0.39 is 8.07 Å². The molecular formula is C30H35N9OSSi. The monoisotopic (exact) mass is 597 g/mol. The number of thioether (sulfide) groups is 1. The Morgan fingerprint density at radius 2 is 2.07 bits per heavy atom. The fourth-order valence-corrected chi connectivity index (χ4v) is 7.76. The second-order valence-electron chi connectivity index (χ2n) is 12.2. The minimum absolute atomic E-state index is 0.0928. The van der Waals surface area contributed by atoms with Crippen molar-refractivity contribution in [2.24, 2.45) is 5.92 Å². The van der Waals surface area contributed by atoms with Gasteiger partial charge in [0.05, 0.1) is 30.4 Å². The van der Waals surface area contributed by atoms with E-state index in [1.54, 1.807) is 18.1 Å². The molecule has 2 unspecified atom stereocenters. The molecule has 4 aromatic heterocycles. The highest BCUT2D eigenvalue weighted by atomic mass is 32.2. The first kappa shape index (κ1) is 28.4. The zero-order valence-electron chi connectivity index (χ0n) is 24.3. The van der Waals surface area contributed by atoms with Crippen LogP contribution < -0.4 is 4.90 Å². The van der Waals surface area contributed by atoms with Crippen molar-refractivity contribution < 1.29 is 4.74 Å². The molecule has 0 N–H and O–H groups in total. The molecule has 2 aliphatic heterocycles. The topological polar surface area (TPSA) is 121 Å². The van der Waals surface area contributed by atoms with Crippen molar-refractivity contribution in [3.63, 3.8) is 0 Å². The third kappa shape index (κ3) is 5.67. The average Bonchev–Trinajstić information content (AvgIpc) is 3.79. The highest BCUT2D eigenvalue weighted by molar-refractivity contribution is 7.99. The molecule has 0 spiro atoms. The van der Waals surface area contributed by atoms with Crippen LogP contribution in [0.2, 0.25) is 25.7 Å². The Morgan fingerprint density at radius 3 is 2.88 bits per heavy atom. The van der Waals surface area contributed by atoms with Gasteiger partial charge in [-0.15, -0.1) is 11.8 Å². The van der Waals surface area contributed by atoms with Crippen molar-refractivity contribution in [3.8, 4) is 23.4 Å². The minimum atomic E-state index is -1.15. The quantitative estimate of drug-likeness (QED) is 0.172. The molecule has 42 heavy (non-hydrogen) atoms. The van der Waals surface area contributed by atoms with Crippen LogP contribution in [0.25, 0.3) is 22.3 Å². The zero-order chi connectivity index (χ0) is 29.3. The number of aryl methyl sites for hydroxylation is 1. The molecule has 6 heterocycles. The number of rotatable bonds is 10. The molecule has 4 aromatic rings. The third-order valence-electron chi connectivity index (χ3n) is 8.18. The lowest BCUT2D eigenvalue weighted by Gasteiger charge is -2.23. The van der Waals surface area contributed by atoms with E-state index in [1.165, 1.54) is 5.56 Å². The summed E-state index contributed by atoms with van der Waals surface area (Å²) in [7, 11) is -1.15. The SMILES string of the molecule is C[Si](C)(C)CCOCn1ccc2c(-c3cnn(C(CC#N)C4CCN(c5ncc6c(c5C#N)SCC6)C4)c3)ncnc21. The number of nitriles is 2. The molecule has 12 heteroatoms. The Morgan fingerprint density at radius 1 is 1.19 bits per heavy atom. The first-order chi connectivity index (χ1) is 20.4. The number of pyridine rings is 1. The molecule has 216 valence electrons. The summed E-state index contributed by atoms with van der Waals surface area (Å²) in [5.41, 5.74) is 4.39. The van der Waals surface area contributed by atoms with E-state index in [0.717, 1.165) is 77.3 Å². The molecule has 0 amide bonds. The molecule has 2 aliphatic rings. The fraction of sp³-hybridized carbons (Fsp3) is 0.467. The molecule has 0 radical (unpaired) electrons. The number of fused-ring (bicyclic) bond motifs is 2. The van der Waals surface area contributed by atoms with Crippen LogP contribution in [0.5, 0.6) is 0 Å². The fourth-order valence-electron chi connectivity index (χ4n) is 5.86. The molecule has 1 fully saturated rings. The van der Waals surface area contributed by atoms with Crippen molar-refractivity contribution in [1.29, 1.82) is 10.5 Å². The summed E-state index contributed by atoms with van der Waals surface area (Å²) >= 11 is 1.75. The van der Waals surface area contributed by atoms with Gasteiger partial charge in [-0.3, -0.25) is 4.68 Å². The van der Waals surface area contributed by atoms with Crippen LogP contribution in [0.4, 0.5) is 5.82 Å². The van der Waals surface area contributed by atoms with Crippen molar-refractivity contribution in [3.05, 3.63) is 48.3 Å². The van der Waals surface area contributed by atoms with Gasteiger partial charge in [0.15, 0.2) is 0 Å². The van der Waals surface area contributed by atoms with Gasteiger partial charge in [0, 0.05) is 73.9 Å². The standard InChI is InChI=1S/C30H35N9OSSi/c1-42(2,3)13-11-40-20-38-10-6-24-27(34-19-35-29(24)38)23-16-36-39(18-23)26(4-8-31)22-5-9-37(17-22)30-25(14-32)28-21(15-33-30)7-12-41-28/h6,10,15-16,18-19,22,26H,4-5,7,9,11-13,17,20H2,1-3H3. The molecule has 6 rings (SSSR count). The largest absolute Gasteiger partial charge is 0.361 e. The minimum Gasteiger partial charge on any atom is -0.361 e. The van der Waals surface area contributed by atoms with Gasteiger partial charge in [0.2, 0.25) is 0 Å². The summed E-state index contributed by atoms with van der Waals surface area (Å²) in [6.45, 7) is 9.77. The summed E-state index contributed by atoms with van der Waals surface area (Å²) in [4.78, 5) is 17.1.